The number of carbonyl (C=O) groups is 2. The standard InChI is InChI=1S/C15H18ClN3O2/c16-10-2-3-12(17)11(7-10)15(21)19-6-5-13-9(8-19)1-4-14(20)18-13/h2-3,7,9,13H,1,4-6,8,17H2,(H,18,20). The predicted octanol–water partition coefficient (Wildman–Crippen LogP) is 1.66. The van der Waals surface area contributed by atoms with E-state index in [-0.39, 0.29) is 17.9 Å². The number of anilines is 1. The zero-order valence-electron chi connectivity index (χ0n) is 11.6. The van der Waals surface area contributed by atoms with E-state index in [1.165, 1.54) is 0 Å². The van der Waals surface area contributed by atoms with Crippen LogP contribution in [0.25, 0.3) is 0 Å². The molecule has 2 atom stereocenters. The quantitative estimate of drug-likeness (QED) is 0.775. The van der Waals surface area contributed by atoms with Gasteiger partial charge in [-0.3, -0.25) is 9.59 Å². The Morgan fingerprint density at radius 3 is 3.00 bits per heavy atom. The van der Waals surface area contributed by atoms with Gasteiger partial charge in [0.25, 0.3) is 5.91 Å². The van der Waals surface area contributed by atoms with Crippen LogP contribution in [0.5, 0.6) is 0 Å². The number of nitrogens with one attached hydrogen (secondary N) is 1. The fourth-order valence-electron chi connectivity index (χ4n) is 3.18. The molecule has 0 spiro atoms. The van der Waals surface area contributed by atoms with Crippen molar-refractivity contribution in [1.82, 2.24) is 10.2 Å². The fraction of sp³-hybridized carbons (Fsp3) is 0.467. The van der Waals surface area contributed by atoms with E-state index >= 15 is 0 Å². The molecule has 0 aromatic heterocycles. The van der Waals surface area contributed by atoms with Gasteiger partial charge in [-0.2, -0.15) is 0 Å². The molecule has 2 heterocycles. The molecule has 2 fully saturated rings. The Bertz CT molecular complexity index is 590. The molecule has 1 aromatic rings. The van der Waals surface area contributed by atoms with Gasteiger partial charge in [-0.25, -0.2) is 0 Å². The van der Waals surface area contributed by atoms with Crippen LogP contribution >= 0.6 is 11.6 Å². The highest BCUT2D eigenvalue weighted by Gasteiger charge is 2.35. The lowest BCUT2D eigenvalue weighted by Crippen LogP contribution is -2.55. The van der Waals surface area contributed by atoms with Crippen molar-refractivity contribution < 1.29 is 9.59 Å². The van der Waals surface area contributed by atoms with E-state index in [0.717, 1.165) is 12.8 Å². The number of piperidine rings is 2. The minimum Gasteiger partial charge on any atom is -0.398 e. The molecule has 3 rings (SSSR count). The Kier molecular flexibility index (Phi) is 3.76. The number of rotatable bonds is 1. The van der Waals surface area contributed by atoms with Crippen LogP contribution in [0.2, 0.25) is 5.02 Å². The molecule has 0 radical (unpaired) electrons. The van der Waals surface area contributed by atoms with E-state index in [2.05, 4.69) is 5.32 Å². The summed E-state index contributed by atoms with van der Waals surface area (Å²) in [7, 11) is 0. The van der Waals surface area contributed by atoms with Crippen LogP contribution in [0.15, 0.2) is 18.2 Å². The molecule has 1 aromatic carbocycles. The lowest BCUT2D eigenvalue weighted by Gasteiger charge is -2.41. The Hall–Kier alpha value is -1.75. The van der Waals surface area contributed by atoms with Crippen LogP contribution in [-0.4, -0.2) is 35.8 Å². The highest BCUT2D eigenvalue weighted by molar-refractivity contribution is 6.31. The van der Waals surface area contributed by atoms with Gasteiger partial charge in [0.2, 0.25) is 5.91 Å². The molecular weight excluding hydrogens is 290 g/mol. The minimum absolute atomic E-state index is 0.0784. The Morgan fingerprint density at radius 1 is 1.38 bits per heavy atom. The smallest absolute Gasteiger partial charge is 0.256 e. The molecule has 21 heavy (non-hydrogen) atoms. The molecule has 2 unspecified atom stereocenters. The first kappa shape index (κ1) is 14.2. The number of nitrogen functional groups attached to an aromatic ring is 1. The number of nitrogens with two attached hydrogens (primary N) is 1. The Labute approximate surface area is 128 Å². The number of hydrogen-bond donors (Lipinski definition) is 2. The summed E-state index contributed by atoms with van der Waals surface area (Å²) in [6.45, 7) is 1.29. The van der Waals surface area contributed by atoms with Gasteiger partial charge >= 0.3 is 0 Å². The number of likely N-dealkylation sites (tertiary alicyclic amines) is 1. The van der Waals surface area contributed by atoms with Crippen LogP contribution in [-0.2, 0) is 4.79 Å². The van der Waals surface area contributed by atoms with E-state index in [1.807, 2.05) is 4.90 Å². The third-order valence-electron chi connectivity index (χ3n) is 4.36. The fourth-order valence-corrected chi connectivity index (χ4v) is 3.35. The highest BCUT2D eigenvalue weighted by Crippen LogP contribution is 2.27. The highest BCUT2D eigenvalue weighted by atomic mass is 35.5. The first-order valence-electron chi connectivity index (χ1n) is 7.18. The number of benzene rings is 1. The van der Waals surface area contributed by atoms with Crippen LogP contribution in [0.1, 0.15) is 29.6 Å². The summed E-state index contributed by atoms with van der Waals surface area (Å²) in [6.07, 6.45) is 2.18. The predicted molar refractivity (Wildman–Crippen MR) is 81.0 cm³/mol. The van der Waals surface area contributed by atoms with Gasteiger partial charge in [0, 0.05) is 36.3 Å². The number of nitrogens with zero attached hydrogens (tertiary/aromatic N) is 1. The van der Waals surface area contributed by atoms with Crippen molar-refractivity contribution in [3.05, 3.63) is 28.8 Å². The molecule has 2 aliphatic rings. The van der Waals surface area contributed by atoms with Crippen molar-refractivity contribution >= 4 is 29.1 Å². The molecular formula is C15H18ClN3O2. The summed E-state index contributed by atoms with van der Waals surface area (Å²) >= 11 is 5.95. The summed E-state index contributed by atoms with van der Waals surface area (Å²) in [5.74, 6) is 0.376. The van der Waals surface area contributed by atoms with E-state index in [4.69, 9.17) is 17.3 Å². The first-order chi connectivity index (χ1) is 10.0. The molecule has 5 nitrogen and oxygen atoms in total. The maximum absolute atomic E-state index is 12.6. The summed E-state index contributed by atoms with van der Waals surface area (Å²) < 4.78 is 0. The van der Waals surface area contributed by atoms with Gasteiger partial charge in [-0.15, -0.1) is 0 Å². The number of halogens is 1. The molecule has 2 saturated heterocycles. The molecule has 0 bridgehead atoms. The molecule has 2 amide bonds. The second-order valence-electron chi connectivity index (χ2n) is 5.74. The number of fused-ring (bicyclic) bond motifs is 1. The van der Waals surface area contributed by atoms with Crippen molar-refractivity contribution in [2.24, 2.45) is 5.92 Å². The SMILES string of the molecule is Nc1ccc(Cl)cc1C(=O)N1CCC2NC(=O)CCC2C1. The summed E-state index contributed by atoms with van der Waals surface area (Å²) in [6, 6.07) is 5.15. The maximum Gasteiger partial charge on any atom is 0.256 e. The van der Waals surface area contributed by atoms with Gasteiger partial charge < -0.3 is 16.0 Å². The topological polar surface area (TPSA) is 75.4 Å². The van der Waals surface area contributed by atoms with Crippen LogP contribution in [0.3, 0.4) is 0 Å². The van der Waals surface area contributed by atoms with Crippen LogP contribution in [0.4, 0.5) is 5.69 Å². The minimum atomic E-state index is -0.0784. The second kappa shape index (κ2) is 5.56. The normalized spacial score (nSPS) is 25.2. The van der Waals surface area contributed by atoms with E-state index in [1.54, 1.807) is 18.2 Å². The average molecular weight is 308 g/mol. The Morgan fingerprint density at radius 2 is 2.19 bits per heavy atom. The number of carbonyl (C=O) groups excluding carboxylic acids is 2. The summed E-state index contributed by atoms with van der Waals surface area (Å²) in [5.41, 5.74) is 6.79. The largest absolute Gasteiger partial charge is 0.398 e. The average Bonchev–Trinajstić information content (AvgIpc) is 2.48. The molecule has 2 aliphatic heterocycles. The summed E-state index contributed by atoms with van der Waals surface area (Å²) in [4.78, 5) is 25.8. The van der Waals surface area contributed by atoms with E-state index < -0.39 is 0 Å². The first-order valence-corrected chi connectivity index (χ1v) is 7.56. The van der Waals surface area contributed by atoms with Gasteiger partial charge in [-0.1, -0.05) is 11.6 Å². The third kappa shape index (κ3) is 2.83. The van der Waals surface area contributed by atoms with Crippen molar-refractivity contribution in [1.29, 1.82) is 0 Å². The molecule has 3 N–H and O–H groups in total. The molecule has 0 saturated carbocycles. The van der Waals surface area contributed by atoms with Crippen molar-refractivity contribution in [2.75, 3.05) is 18.8 Å². The molecule has 6 heteroatoms. The van der Waals surface area contributed by atoms with Crippen molar-refractivity contribution in [3.8, 4) is 0 Å². The zero-order valence-corrected chi connectivity index (χ0v) is 12.4. The molecule has 0 aliphatic carbocycles. The lowest BCUT2D eigenvalue weighted by atomic mass is 9.85. The van der Waals surface area contributed by atoms with Gasteiger partial charge in [0.15, 0.2) is 0 Å². The van der Waals surface area contributed by atoms with Crippen molar-refractivity contribution in [3.63, 3.8) is 0 Å². The third-order valence-corrected chi connectivity index (χ3v) is 4.59. The van der Waals surface area contributed by atoms with Gasteiger partial charge in [0.05, 0.1) is 5.56 Å². The zero-order chi connectivity index (χ0) is 15.0. The Balaban J connectivity index is 1.74. The monoisotopic (exact) mass is 307 g/mol. The maximum atomic E-state index is 12.6. The lowest BCUT2D eigenvalue weighted by molar-refractivity contribution is -0.125. The summed E-state index contributed by atoms with van der Waals surface area (Å²) in [5, 5.41) is 3.52. The van der Waals surface area contributed by atoms with Crippen molar-refractivity contribution in [2.45, 2.75) is 25.3 Å². The van der Waals surface area contributed by atoms with Gasteiger partial charge in [-0.05, 0) is 37.0 Å². The van der Waals surface area contributed by atoms with E-state index in [9.17, 15) is 9.59 Å². The van der Waals surface area contributed by atoms with Gasteiger partial charge in [0.1, 0.15) is 0 Å². The van der Waals surface area contributed by atoms with E-state index in [0.29, 0.717) is 41.7 Å². The van der Waals surface area contributed by atoms with Crippen LogP contribution in [0, 0.1) is 5.92 Å². The van der Waals surface area contributed by atoms with Crippen LogP contribution < -0.4 is 11.1 Å². The number of hydrogen-bond acceptors (Lipinski definition) is 3. The second-order valence-corrected chi connectivity index (χ2v) is 6.18. The molecule has 112 valence electrons. The number of amides is 2.